The summed E-state index contributed by atoms with van der Waals surface area (Å²) in [6, 6.07) is 7.19. The van der Waals surface area contributed by atoms with Gasteiger partial charge in [-0.05, 0) is 70.5 Å². The number of ether oxygens (including phenoxy) is 4. The van der Waals surface area contributed by atoms with Crippen LogP contribution in [0.2, 0.25) is 0 Å². The number of phenols is 3. The third-order valence-electron chi connectivity index (χ3n) is 5.81. The van der Waals surface area contributed by atoms with Crippen molar-refractivity contribution in [1.29, 1.82) is 0 Å². The van der Waals surface area contributed by atoms with Crippen molar-refractivity contribution in [3.63, 3.8) is 0 Å². The first kappa shape index (κ1) is 31.7. The molecule has 1 aliphatic heterocycles. The number of esters is 1. The molecule has 0 aliphatic carbocycles. The smallest absolute Gasteiger partial charge is 0.305 e. The summed E-state index contributed by atoms with van der Waals surface area (Å²) < 4.78 is 26.8. The highest BCUT2D eigenvalue weighted by atomic mass is 16.7. The van der Waals surface area contributed by atoms with E-state index in [0.717, 1.165) is 5.56 Å². The Labute approximate surface area is 236 Å². The lowest BCUT2D eigenvalue weighted by Gasteiger charge is -2.37. The lowest BCUT2D eigenvalue weighted by atomic mass is 10.1. The van der Waals surface area contributed by atoms with Crippen LogP contribution >= 0.6 is 0 Å². The summed E-state index contributed by atoms with van der Waals surface area (Å²) in [5, 5.41) is 48.6. The Morgan fingerprint density at radius 3 is 2.24 bits per heavy atom. The number of carbonyl (C=O) groups excluding carboxylic acids is 1. The molecule has 0 radical (unpaired) electrons. The second kappa shape index (κ2) is 13.2. The van der Waals surface area contributed by atoms with E-state index in [2.05, 4.69) is 0 Å². The molecule has 12 nitrogen and oxygen atoms in total. The largest absolute Gasteiger partial charge is 0.507 e. The van der Waals surface area contributed by atoms with Crippen LogP contribution in [0.1, 0.15) is 40.2 Å². The molecule has 12 heteroatoms. The van der Waals surface area contributed by atoms with Crippen LogP contribution in [0.15, 0.2) is 39.5 Å². The molecule has 224 valence electrons. The molecule has 4 atom stereocenters. The molecule has 5 N–H and O–H groups in total. The van der Waals surface area contributed by atoms with E-state index >= 15 is 0 Å². The molecule has 4 unspecified atom stereocenters. The first-order chi connectivity index (χ1) is 19.2. The predicted octanol–water partition coefficient (Wildman–Crippen LogP) is 3.09. The van der Waals surface area contributed by atoms with Gasteiger partial charge in [0, 0.05) is 12.5 Å². The van der Waals surface area contributed by atoms with Crippen LogP contribution in [-0.4, -0.2) is 74.9 Å². The van der Waals surface area contributed by atoms with Crippen LogP contribution in [0.5, 0.6) is 23.0 Å². The van der Waals surface area contributed by atoms with E-state index in [9.17, 15) is 35.1 Å². The number of carbonyl (C=O) groups is 1. The third-order valence-corrected chi connectivity index (χ3v) is 5.81. The number of rotatable bonds is 6. The molecule has 3 aromatic rings. The summed E-state index contributed by atoms with van der Waals surface area (Å²) in [7, 11) is 0. The van der Waals surface area contributed by atoms with Crippen LogP contribution in [0.4, 0.5) is 0 Å². The Bertz CT molecular complexity index is 1430. The number of hydrogen-bond acceptors (Lipinski definition) is 12. The second-order valence-electron chi connectivity index (χ2n) is 10.1. The van der Waals surface area contributed by atoms with Gasteiger partial charge in [-0.15, -0.1) is 0 Å². The summed E-state index contributed by atoms with van der Waals surface area (Å²) in [5.74, 6) is -1.28. The fourth-order valence-corrected chi connectivity index (χ4v) is 4.10. The molecule has 1 saturated heterocycles. The van der Waals surface area contributed by atoms with Crippen LogP contribution in [0.25, 0.3) is 22.3 Å². The molecule has 2 heterocycles. The molecule has 0 saturated carbocycles. The van der Waals surface area contributed by atoms with Crippen LogP contribution in [-0.2, 0) is 19.0 Å². The van der Waals surface area contributed by atoms with Gasteiger partial charge in [-0.1, -0.05) is 0 Å². The maximum absolute atomic E-state index is 12.9. The Hall–Kier alpha value is -3.84. The molecule has 41 heavy (non-hydrogen) atoms. The van der Waals surface area contributed by atoms with Gasteiger partial charge in [0.2, 0.25) is 17.5 Å². The zero-order valence-electron chi connectivity index (χ0n) is 23.7. The minimum atomic E-state index is -1.12. The van der Waals surface area contributed by atoms with Gasteiger partial charge < -0.3 is 48.9 Å². The van der Waals surface area contributed by atoms with Crippen molar-refractivity contribution < 1.29 is 53.7 Å². The van der Waals surface area contributed by atoms with Crippen LogP contribution < -0.4 is 10.2 Å². The monoisotopic (exact) mass is 576 g/mol. The van der Waals surface area contributed by atoms with Crippen LogP contribution in [0.3, 0.4) is 0 Å². The zero-order valence-corrected chi connectivity index (χ0v) is 23.7. The van der Waals surface area contributed by atoms with E-state index in [-0.39, 0.29) is 58.5 Å². The number of hydrogen-bond donors (Lipinski definition) is 5. The molecule has 1 aromatic heterocycles. The quantitative estimate of drug-likeness (QED) is 0.214. The Morgan fingerprint density at radius 1 is 0.976 bits per heavy atom. The van der Waals surface area contributed by atoms with Crippen molar-refractivity contribution in [2.24, 2.45) is 0 Å². The average Bonchev–Trinajstić information content (AvgIpc) is 2.86. The van der Waals surface area contributed by atoms with Crippen molar-refractivity contribution in [3.8, 4) is 34.3 Å². The maximum atomic E-state index is 12.9. The Morgan fingerprint density at radius 2 is 1.66 bits per heavy atom. The van der Waals surface area contributed by atoms with E-state index in [1.807, 2.05) is 0 Å². The van der Waals surface area contributed by atoms with Gasteiger partial charge in [0.15, 0.2) is 17.3 Å². The van der Waals surface area contributed by atoms with Gasteiger partial charge in [-0.2, -0.15) is 0 Å². The van der Waals surface area contributed by atoms with Crippen molar-refractivity contribution >= 4 is 16.9 Å². The van der Waals surface area contributed by atoms with Gasteiger partial charge in [0.05, 0.1) is 18.8 Å². The van der Waals surface area contributed by atoms with Crippen molar-refractivity contribution in [2.45, 2.75) is 78.4 Å². The number of aliphatic hydroxyl groups excluding tert-OH is 2. The highest BCUT2D eigenvalue weighted by molar-refractivity contribution is 5.87. The van der Waals surface area contributed by atoms with Crippen molar-refractivity contribution in [1.82, 2.24) is 0 Å². The van der Waals surface area contributed by atoms with E-state index in [1.165, 1.54) is 31.2 Å². The molecular formula is C29H36O12. The molecular weight excluding hydrogens is 540 g/mol. The standard InChI is InChI=1S/C19H18O6.C10H18O6/c1-9(2)24-19-17(23)16-14(22)6-10(3)7-15(16)25-18(19)11-4-5-12(20)13(21)8-11;1-5(2)15-9-8(13)7(12)4-14-10(9)16-6(3)11/h4-9,20-22H,1-3H3;5,7-10,12-13H,4H2,1-3H3. The van der Waals surface area contributed by atoms with E-state index in [1.54, 1.807) is 40.7 Å². The van der Waals surface area contributed by atoms with Gasteiger partial charge in [-0.25, -0.2) is 0 Å². The lowest BCUT2D eigenvalue weighted by molar-refractivity contribution is -0.278. The number of aliphatic hydroxyl groups is 2. The van der Waals surface area contributed by atoms with E-state index < -0.39 is 36.0 Å². The predicted molar refractivity (Wildman–Crippen MR) is 147 cm³/mol. The number of phenolic OH excluding ortho intramolecular Hbond substituents is 3. The normalized spacial score (nSPS) is 20.5. The first-order valence-electron chi connectivity index (χ1n) is 13.0. The van der Waals surface area contributed by atoms with Gasteiger partial charge in [0.1, 0.15) is 35.0 Å². The molecule has 1 aliphatic rings. The number of aryl methyl sites for hydroxylation is 1. The van der Waals surface area contributed by atoms with Gasteiger partial charge in [-0.3, -0.25) is 9.59 Å². The number of fused-ring (bicyclic) bond motifs is 1. The minimum Gasteiger partial charge on any atom is -0.507 e. The molecule has 4 rings (SSSR count). The Kier molecular flexibility index (Phi) is 10.2. The van der Waals surface area contributed by atoms with E-state index in [0.29, 0.717) is 5.56 Å². The Balaban J connectivity index is 0.000000250. The molecule has 0 bridgehead atoms. The maximum Gasteiger partial charge on any atom is 0.305 e. The summed E-state index contributed by atoms with van der Waals surface area (Å²) in [5.41, 5.74) is 0.798. The molecule has 1 fully saturated rings. The first-order valence-corrected chi connectivity index (χ1v) is 13.0. The highest BCUT2D eigenvalue weighted by Gasteiger charge is 2.42. The summed E-state index contributed by atoms with van der Waals surface area (Å²) >= 11 is 0. The highest BCUT2D eigenvalue weighted by Crippen LogP contribution is 2.37. The molecule has 0 amide bonds. The zero-order chi connectivity index (χ0) is 30.6. The van der Waals surface area contributed by atoms with Gasteiger partial charge in [0.25, 0.3) is 0 Å². The lowest BCUT2D eigenvalue weighted by Crippen LogP contribution is -2.55. The minimum absolute atomic E-state index is 0.0352. The van der Waals surface area contributed by atoms with Crippen LogP contribution in [0, 0.1) is 6.92 Å². The second-order valence-corrected chi connectivity index (χ2v) is 10.1. The van der Waals surface area contributed by atoms with Crippen molar-refractivity contribution in [2.75, 3.05) is 6.61 Å². The molecule has 2 aromatic carbocycles. The summed E-state index contributed by atoms with van der Waals surface area (Å²) in [4.78, 5) is 23.7. The summed E-state index contributed by atoms with van der Waals surface area (Å²) in [6.07, 6.45) is -4.48. The van der Waals surface area contributed by atoms with Gasteiger partial charge >= 0.3 is 5.97 Å². The third kappa shape index (κ3) is 7.67. The topological polar surface area (TPSA) is 185 Å². The van der Waals surface area contributed by atoms with Crippen molar-refractivity contribution in [3.05, 3.63) is 46.1 Å². The average molecular weight is 577 g/mol. The number of benzene rings is 2. The SMILES string of the molecule is CC(=O)OC1OCC(O)C(O)C1OC(C)C.Cc1cc(O)c2c(=O)c(OC(C)C)c(-c3ccc(O)c(O)c3)oc2c1. The fourth-order valence-electron chi connectivity index (χ4n) is 4.10. The fraction of sp³-hybridized carbons (Fsp3) is 0.448. The summed E-state index contributed by atoms with van der Waals surface area (Å²) in [6.45, 7) is 10.00. The van der Waals surface area contributed by atoms with E-state index in [4.69, 9.17) is 23.4 Å². The number of aromatic hydroxyl groups is 3. The molecule has 0 spiro atoms.